The molecule has 0 saturated carbocycles. The summed E-state index contributed by atoms with van der Waals surface area (Å²) in [6.07, 6.45) is 5.18. The lowest BCUT2D eigenvalue weighted by Crippen LogP contribution is -2.29. The lowest BCUT2D eigenvalue weighted by atomic mass is 10.1. The molecule has 109 heavy (non-hydrogen) atoms. The third kappa shape index (κ3) is 25.5. The highest BCUT2D eigenvalue weighted by molar-refractivity contribution is 7.93. The van der Waals surface area contributed by atoms with Crippen LogP contribution >= 0.6 is 0 Å². The highest BCUT2D eigenvalue weighted by Gasteiger charge is 2.28. The summed E-state index contributed by atoms with van der Waals surface area (Å²) in [6, 6.07) is 34.8. The van der Waals surface area contributed by atoms with Gasteiger partial charge in [-0.05, 0) is 179 Å². The molecule has 0 fully saturated rings. The van der Waals surface area contributed by atoms with Crippen molar-refractivity contribution in [3.63, 3.8) is 0 Å². The number of nitrogens with two attached hydrogens (primary N) is 1. The number of hydrogen-bond acceptors (Lipinski definition) is 25. The van der Waals surface area contributed by atoms with Crippen LogP contribution in [-0.4, -0.2) is 126 Å². The van der Waals surface area contributed by atoms with Gasteiger partial charge in [0.25, 0.3) is 63.7 Å². The Kier molecular flexibility index (Phi) is 28.9. The number of anilines is 5. The molecule has 0 saturated heterocycles. The highest BCUT2D eigenvalue weighted by Crippen LogP contribution is 2.25. The number of allylic oxidation sites excluding steroid dienone is 3. The van der Waals surface area contributed by atoms with Crippen molar-refractivity contribution in [3.8, 4) is 5.88 Å². The van der Waals surface area contributed by atoms with Gasteiger partial charge in [0.05, 0.1) is 43.0 Å². The molecule has 2 aliphatic heterocycles. The van der Waals surface area contributed by atoms with Gasteiger partial charge in [0, 0.05) is 79.7 Å². The Balaban J connectivity index is 0.000000214. The molecule has 0 unspecified atom stereocenters. The summed E-state index contributed by atoms with van der Waals surface area (Å²) in [4.78, 5) is 110. The minimum absolute atomic E-state index is 0.0179. The number of nitrogens with one attached hydrogen (secondary N) is 4. The number of aromatic nitrogens is 6. The lowest BCUT2D eigenvalue weighted by Gasteiger charge is -2.14. The van der Waals surface area contributed by atoms with Crippen LogP contribution in [0.15, 0.2) is 231 Å². The molecule has 570 valence electrons. The van der Waals surface area contributed by atoms with Gasteiger partial charge in [-0.15, -0.1) is 10.2 Å². The van der Waals surface area contributed by atoms with Crippen LogP contribution in [0.2, 0.25) is 0 Å². The van der Waals surface area contributed by atoms with E-state index >= 15 is 0 Å². The monoisotopic (exact) mass is 1580 g/mol. The molecule has 32 nitrogen and oxygen atoms in total. The lowest BCUT2D eigenvalue weighted by molar-refractivity contribution is -0.121. The number of nitrogens with zero attached hydrogens (tertiary/aromatic N) is 8. The Bertz CT molecular complexity index is 5480. The summed E-state index contributed by atoms with van der Waals surface area (Å²) in [5.41, 5.74) is 6.08. The van der Waals surface area contributed by atoms with Gasteiger partial charge in [0.15, 0.2) is 23.2 Å². The van der Waals surface area contributed by atoms with Crippen LogP contribution in [0.25, 0.3) is 0 Å². The molecular formula is C72H73N13O19S5. The van der Waals surface area contributed by atoms with E-state index in [1.165, 1.54) is 116 Å². The van der Waals surface area contributed by atoms with Crippen LogP contribution in [-0.2, 0) is 108 Å². The molecule has 37 heteroatoms. The largest absolute Gasteiger partial charge is 0.480 e. The van der Waals surface area contributed by atoms with Gasteiger partial charge in [-0.25, -0.2) is 86.4 Å². The minimum Gasteiger partial charge on any atom is -0.480 e. The molecule has 0 atom stereocenters. The number of ketones is 3. The van der Waals surface area contributed by atoms with E-state index in [-0.39, 0.29) is 84.6 Å². The molecule has 0 aliphatic carbocycles. The first-order valence-corrected chi connectivity index (χ1v) is 39.2. The summed E-state index contributed by atoms with van der Waals surface area (Å²) in [7, 11) is -17.6. The number of carbonyl (C=O) groups is 8. The van der Waals surface area contributed by atoms with E-state index in [0.29, 0.717) is 62.1 Å². The summed E-state index contributed by atoms with van der Waals surface area (Å²) in [5.74, 6) is -1.71. The average molecular weight is 1580 g/mol. The van der Waals surface area contributed by atoms with Crippen molar-refractivity contribution in [1.82, 2.24) is 34.9 Å². The third-order valence-corrected chi connectivity index (χ3v) is 20.9. The number of ether oxygens (including phenoxy) is 1. The van der Waals surface area contributed by atoms with Crippen molar-refractivity contribution in [2.75, 3.05) is 31.1 Å². The molecule has 3 aromatic heterocycles. The Labute approximate surface area is 629 Å². The SMILES string of the molecule is C=C(C)C(=O)Cc1ccc(S(=O)(=O)NC(C)=O)cc1.C=C(C)C(=O)Cc1ccc(S(=O)(=O)Nc2cc(C)nc(C)n2)cc1.C=C(C)C(=O)Cc1ccc(S(=O)(=O)Nc2ccc(OC)nn2)cc1.Cc1cc(C)nc(NS(=O)(=O)c2ccc(N3C(=O)C=CC3=O)cc2)n1.NS(=O)(=O)c1ccc(N2C(=O)C=CC2=O)cc1. The zero-order valence-electron chi connectivity index (χ0n) is 59.9. The second-order valence-corrected chi connectivity index (χ2v) is 31.9. The number of Topliss-reactive ketones (excluding diaryl/α,β-unsaturated/α-hetero) is 3. The first kappa shape index (κ1) is 85.6. The van der Waals surface area contributed by atoms with E-state index in [2.05, 4.69) is 64.0 Å². The normalized spacial score (nSPS) is 12.5. The summed E-state index contributed by atoms with van der Waals surface area (Å²) < 4.78 is 133. The number of methoxy groups -OCH3 is 1. The molecule has 5 aromatic carbocycles. The molecule has 0 radical (unpaired) electrons. The molecule has 2 aliphatic rings. The van der Waals surface area contributed by atoms with Crippen molar-refractivity contribution in [3.05, 3.63) is 246 Å². The van der Waals surface area contributed by atoms with E-state index in [1.54, 1.807) is 84.9 Å². The van der Waals surface area contributed by atoms with Gasteiger partial charge in [-0.3, -0.25) is 47.8 Å². The minimum atomic E-state index is -3.89. The quantitative estimate of drug-likeness (QED) is 0.0305. The van der Waals surface area contributed by atoms with Crippen molar-refractivity contribution in [2.45, 2.75) is 99.1 Å². The van der Waals surface area contributed by atoms with Crippen molar-refractivity contribution in [1.29, 1.82) is 0 Å². The zero-order valence-corrected chi connectivity index (χ0v) is 63.9. The number of hydrogen-bond donors (Lipinski definition) is 5. The molecule has 8 aromatic rings. The first-order valence-electron chi connectivity index (χ1n) is 31.7. The number of imide groups is 2. The smallest absolute Gasteiger partial charge is 0.264 e. The Hall–Kier alpha value is -12.3. The predicted molar refractivity (Wildman–Crippen MR) is 402 cm³/mol. The van der Waals surface area contributed by atoms with Crippen LogP contribution < -0.4 is 38.6 Å². The van der Waals surface area contributed by atoms with E-state index in [9.17, 15) is 80.4 Å². The number of amides is 5. The highest BCUT2D eigenvalue weighted by atomic mass is 32.2. The maximum absolute atomic E-state index is 12.4. The Morgan fingerprint density at radius 2 is 0.743 bits per heavy atom. The predicted octanol–water partition coefficient (Wildman–Crippen LogP) is 6.84. The van der Waals surface area contributed by atoms with E-state index in [0.717, 1.165) is 46.6 Å². The van der Waals surface area contributed by atoms with Gasteiger partial charge in [-0.2, -0.15) is 0 Å². The Morgan fingerprint density at radius 1 is 0.413 bits per heavy atom. The number of carbonyl (C=O) groups excluding carboxylic acids is 8. The summed E-state index contributed by atoms with van der Waals surface area (Å²) >= 11 is 0. The number of rotatable bonds is 24. The standard InChI is InChI=1S/C17H19N3O3S.C16H14N4O4S.C16H17N3O4S.C13H15NO4S.C10H8N2O4S/c1-11(2)16(21)10-14-5-7-15(8-6-14)24(22,23)20-17-9-12(3)18-13(4)19-17;1-10-9-11(2)18-16(17-10)19-25(23,24)13-5-3-12(4-6-13)20-14(21)7-8-15(20)22;1-11(2)14(20)10-12-4-6-13(7-5-12)24(21,22)19-15-8-9-16(23-3)18-17-15;1-9(2)13(16)8-11-4-6-12(7-5-11)19(17,18)14-10(3)15;11-17(15,16)8-3-1-7(2-4-8)12-9(13)5-6-10(12)14/h5-9H,1,10H2,2-4H3,(H,18,19,20);3-9H,1-2H3,(H,17,18,19);4-9H,1,10H2,2-3H3,(H,17,19);4-7H,1,8H2,2-3H3,(H,14,15);1-6H,(H2,11,15,16). The van der Waals surface area contributed by atoms with Crippen LogP contribution in [0, 0.1) is 27.7 Å². The van der Waals surface area contributed by atoms with Crippen molar-refractivity contribution in [2.24, 2.45) is 5.14 Å². The molecule has 5 amide bonds. The second kappa shape index (κ2) is 36.8. The van der Waals surface area contributed by atoms with Gasteiger partial charge >= 0.3 is 0 Å². The van der Waals surface area contributed by atoms with Crippen molar-refractivity contribution < 1.29 is 85.2 Å². The van der Waals surface area contributed by atoms with Crippen LogP contribution in [0.4, 0.5) is 29.0 Å². The number of aryl methyl sites for hydroxylation is 4. The van der Waals surface area contributed by atoms with Crippen LogP contribution in [0.5, 0.6) is 5.88 Å². The summed E-state index contributed by atoms with van der Waals surface area (Å²) in [6.45, 7) is 23.7. The topological polar surface area (TPSA) is 474 Å². The second-order valence-electron chi connectivity index (χ2n) is 23.7. The number of primary sulfonamides is 1. The van der Waals surface area contributed by atoms with Gasteiger partial charge < -0.3 is 4.74 Å². The van der Waals surface area contributed by atoms with Gasteiger partial charge in [0.1, 0.15) is 11.6 Å². The fourth-order valence-corrected chi connectivity index (χ4v) is 13.5. The maximum atomic E-state index is 12.4. The average Bonchev–Trinajstić information content (AvgIpc) is 1.55. The number of sulfonamides is 5. The van der Waals surface area contributed by atoms with Crippen molar-refractivity contribution >= 4 is 126 Å². The van der Waals surface area contributed by atoms with Crippen LogP contribution in [0.3, 0.4) is 0 Å². The van der Waals surface area contributed by atoms with E-state index < -0.39 is 79.7 Å². The van der Waals surface area contributed by atoms with Gasteiger partial charge in [0.2, 0.25) is 27.8 Å². The molecular weight excluding hydrogens is 1510 g/mol. The molecule has 0 spiro atoms. The molecule has 10 rings (SSSR count). The fraction of sp³-hybridized carbons (Fsp3) is 0.167. The molecule has 6 N–H and O–H groups in total. The Morgan fingerprint density at radius 3 is 1.06 bits per heavy atom. The maximum Gasteiger partial charge on any atom is 0.264 e. The third-order valence-electron chi connectivity index (χ3n) is 14.4. The molecule has 5 heterocycles. The first-order chi connectivity index (χ1) is 50.9. The summed E-state index contributed by atoms with van der Waals surface area (Å²) in [5, 5.41) is 12.3. The van der Waals surface area contributed by atoms with Gasteiger partial charge in [-0.1, -0.05) is 56.1 Å². The van der Waals surface area contributed by atoms with E-state index in [1.807, 2.05) is 4.72 Å². The van der Waals surface area contributed by atoms with Crippen LogP contribution in [0.1, 0.15) is 67.3 Å². The fourth-order valence-electron chi connectivity index (χ4n) is 9.08. The number of benzene rings is 5. The molecule has 0 bridgehead atoms. The van der Waals surface area contributed by atoms with E-state index in [4.69, 9.17) is 9.88 Å². The zero-order chi connectivity index (χ0) is 81.1.